The van der Waals surface area contributed by atoms with Gasteiger partial charge in [-0.05, 0) is 20.8 Å². The quantitative estimate of drug-likeness (QED) is 0.334. The van der Waals surface area contributed by atoms with Crippen molar-refractivity contribution in [3.63, 3.8) is 0 Å². The molecule has 0 radical (unpaired) electrons. The first-order chi connectivity index (χ1) is 7.65. The monoisotopic (exact) mass is 241 g/mol. The summed E-state index contributed by atoms with van der Waals surface area (Å²) in [6.07, 6.45) is 4.51. The summed E-state index contributed by atoms with van der Waals surface area (Å²) in [5.74, 6) is 1.99. The summed E-state index contributed by atoms with van der Waals surface area (Å²) >= 11 is 0. The molecule has 0 fully saturated rings. The van der Waals surface area contributed by atoms with Gasteiger partial charge in [0.2, 0.25) is 5.90 Å². The van der Waals surface area contributed by atoms with Crippen LogP contribution in [0.3, 0.4) is 0 Å². The molecule has 6 nitrogen and oxygen atoms in total. The van der Waals surface area contributed by atoms with Crippen LogP contribution in [0.15, 0.2) is 0 Å². The van der Waals surface area contributed by atoms with Crippen LogP contribution in [0, 0.1) is 17.8 Å². The van der Waals surface area contributed by atoms with Crippen molar-refractivity contribution < 1.29 is 14.4 Å². The fraction of sp³-hybridized carbons (Fsp3) is 0.636. The number of nitrogens with zero attached hydrogens (tertiary/aromatic N) is 1. The normalized spacial score (nSPS) is 12.5. The Bertz CT molecular complexity index is 326. The number of carbonyl (C=O) groups is 1. The van der Waals surface area contributed by atoms with Crippen molar-refractivity contribution in [2.24, 2.45) is 0 Å². The predicted octanol–water partition coefficient (Wildman–Crippen LogP) is 0.983. The fourth-order valence-electron chi connectivity index (χ4n) is 0.858. The summed E-state index contributed by atoms with van der Waals surface area (Å²) < 4.78 is 5.01. The van der Waals surface area contributed by atoms with Crippen LogP contribution in [0.5, 0.6) is 0 Å². The van der Waals surface area contributed by atoms with Gasteiger partial charge in [0.15, 0.2) is 6.04 Å². The zero-order valence-electron chi connectivity index (χ0n) is 10.8. The Morgan fingerprint density at radius 3 is 2.35 bits per heavy atom. The summed E-state index contributed by atoms with van der Waals surface area (Å²) in [4.78, 5) is 16.4. The highest BCUT2D eigenvalue weighted by Crippen LogP contribution is 2.06. The smallest absolute Gasteiger partial charge is 0.409 e. The fourth-order valence-corrected chi connectivity index (χ4v) is 0.858. The SMILES string of the molecule is C#C[C@H](NC(=O)OC(C)(C)C)C(=N)ON(C)C. The minimum Gasteiger partial charge on any atom is -0.444 e. The standard InChI is InChI=1S/C11H19N3O3/c1-7-8(9(12)17-14(5)6)13-10(15)16-11(2,3)4/h1,8,12H,2-6H3,(H,13,15)/t8-/m0/s1. The van der Waals surface area contributed by atoms with Gasteiger partial charge in [0, 0.05) is 14.1 Å². The number of alkyl carbamates (subject to hydrolysis) is 1. The molecule has 0 heterocycles. The molecule has 1 atom stereocenters. The summed E-state index contributed by atoms with van der Waals surface area (Å²) in [5, 5.41) is 11.2. The first-order valence-electron chi connectivity index (χ1n) is 5.05. The molecule has 6 heteroatoms. The van der Waals surface area contributed by atoms with Crippen molar-refractivity contribution in [1.82, 2.24) is 10.4 Å². The Labute approximate surface area is 102 Å². The summed E-state index contributed by atoms with van der Waals surface area (Å²) in [7, 11) is 3.21. The highest BCUT2D eigenvalue weighted by Gasteiger charge is 2.22. The number of rotatable bonds is 3. The Hall–Kier alpha value is -1.74. The van der Waals surface area contributed by atoms with Crippen LogP contribution in [0.4, 0.5) is 4.79 Å². The van der Waals surface area contributed by atoms with Gasteiger partial charge in [-0.15, -0.1) is 11.5 Å². The van der Waals surface area contributed by atoms with E-state index in [1.54, 1.807) is 34.9 Å². The number of ether oxygens (including phenoxy) is 1. The molecule has 0 saturated carbocycles. The molecule has 0 aromatic heterocycles. The summed E-state index contributed by atoms with van der Waals surface area (Å²) in [5.41, 5.74) is -0.617. The lowest BCUT2D eigenvalue weighted by atomic mass is 10.2. The van der Waals surface area contributed by atoms with Gasteiger partial charge >= 0.3 is 6.09 Å². The van der Waals surface area contributed by atoms with Crippen molar-refractivity contribution in [1.29, 1.82) is 5.41 Å². The number of terminal acetylenes is 1. The van der Waals surface area contributed by atoms with E-state index >= 15 is 0 Å². The first kappa shape index (κ1) is 15.3. The van der Waals surface area contributed by atoms with Crippen molar-refractivity contribution in [2.75, 3.05) is 14.1 Å². The second-order valence-corrected chi connectivity index (χ2v) is 4.51. The molecule has 1 amide bonds. The molecule has 0 rings (SSSR count). The van der Waals surface area contributed by atoms with E-state index in [0.29, 0.717) is 0 Å². The van der Waals surface area contributed by atoms with Crippen LogP contribution in [0.25, 0.3) is 0 Å². The summed E-state index contributed by atoms with van der Waals surface area (Å²) in [6.45, 7) is 5.21. The molecule has 96 valence electrons. The average molecular weight is 241 g/mol. The lowest BCUT2D eigenvalue weighted by molar-refractivity contribution is -0.0248. The van der Waals surface area contributed by atoms with Gasteiger partial charge in [0.25, 0.3) is 0 Å². The van der Waals surface area contributed by atoms with Crippen LogP contribution in [0.2, 0.25) is 0 Å². The maximum absolute atomic E-state index is 11.4. The van der Waals surface area contributed by atoms with E-state index in [1.165, 1.54) is 5.06 Å². The van der Waals surface area contributed by atoms with Gasteiger partial charge in [-0.1, -0.05) is 5.92 Å². The van der Waals surface area contributed by atoms with E-state index < -0.39 is 17.7 Å². The number of hydrogen-bond acceptors (Lipinski definition) is 5. The molecule has 0 aromatic carbocycles. The maximum Gasteiger partial charge on any atom is 0.409 e. The molecule has 0 bridgehead atoms. The van der Waals surface area contributed by atoms with E-state index in [9.17, 15) is 4.79 Å². The molecule has 17 heavy (non-hydrogen) atoms. The zero-order chi connectivity index (χ0) is 13.6. The van der Waals surface area contributed by atoms with E-state index in [4.69, 9.17) is 21.4 Å². The lowest BCUT2D eigenvalue weighted by Gasteiger charge is -2.22. The number of carbonyl (C=O) groups excluding carboxylic acids is 1. The predicted molar refractivity (Wildman–Crippen MR) is 64.5 cm³/mol. The molecule has 0 unspecified atom stereocenters. The summed E-state index contributed by atoms with van der Waals surface area (Å²) in [6, 6.07) is -0.952. The largest absolute Gasteiger partial charge is 0.444 e. The van der Waals surface area contributed by atoms with Gasteiger partial charge in [-0.25, -0.2) is 4.79 Å². The van der Waals surface area contributed by atoms with E-state index in [1.807, 2.05) is 0 Å². The van der Waals surface area contributed by atoms with Crippen LogP contribution in [-0.2, 0) is 9.57 Å². The molecular formula is C11H19N3O3. The Kier molecular flexibility index (Phi) is 5.48. The molecule has 2 N–H and O–H groups in total. The van der Waals surface area contributed by atoms with Gasteiger partial charge in [-0.3, -0.25) is 10.7 Å². The Morgan fingerprint density at radius 2 is 2.00 bits per heavy atom. The Morgan fingerprint density at radius 1 is 1.47 bits per heavy atom. The topological polar surface area (TPSA) is 74.6 Å². The van der Waals surface area contributed by atoms with Gasteiger partial charge < -0.3 is 9.57 Å². The number of amides is 1. The second-order valence-electron chi connectivity index (χ2n) is 4.51. The third-order valence-corrected chi connectivity index (χ3v) is 1.37. The van der Waals surface area contributed by atoms with Gasteiger partial charge in [0.05, 0.1) is 0 Å². The number of hydroxylamine groups is 2. The van der Waals surface area contributed by atoms with Crippen molar-refractivity contribution >= 4 is 12.0 Å². The van der Waals surface area contributed by atoms with Crippen LogP contribution in [-0.4, -0.2) is 42.8 Å². The molecule has 0 spiro atoms. The zero-order valence-corrected chi connectivity index (χ0v) is 10.8. The lowest BCUT2D eigenvalue weighted by Crippen LogP contribution is -2.44. The molecular weight excluding hydrogens is 222 g/mol. The molecule has 0 aliphatic rings. The van der Waals surface area contributed by atoms with Crippen LogP contribution in [0.1, 0.15) is 20.8 Å². The Balaban J connectivity index is 4.38. The van der Waals surface area contributed by atoms with Crippen molar-refractivity contribution in [3.05, 3.63) is 0 Å². The van der Waals surface area contributed by atoms with Crippen LogP contribution >= 0.6 is 0 Å². The van der Waals surface area contributed by atoms with Crippen molar-refractivity contribution in [2.45, 2.75) is 32.4 Å². The third-order valence-electron chi connectivity index (χ3n) is 1.37. The van der Waals surface area contributed by atoms with Gasteiger partial charge in [-0.2, -0.15) is 0 Å². The highest BCUT2D eigenvalue weighted by atomic mass is 16.7. The minimum atomic E-state index is -0.952. The minimum absolute atomic E-state index is 0.247. The molecule has 0 aliphatic heterocycles. The molecule has 0 aromatic rings. The first-order valence-corrected chi connectivity index (χ1v) is 5.05. The van der Waals surface area contributed by atoms with Crippen LogP contribution < -0.4 is 5.32 Å². The third kappa shape index (κ3) is 7.19. The second kappa shape index (κ2) is 6.11. The van der Waals surface area contributed by atoms with Crippen molar-refractivity contribution in [3.8, 4) is 12.3 Å². The van der Waals surface area contributed by atoms with E-state index in [2.05, 4.69) is 11.2 Å². The van der Waals surface area contributed by atoms with Gasteiger partial charge in [0.1, 0.15) is 5.60 Å². The number of nitrogens with one attached hydrogen (secondary N) is 2. The highest BCUT2D eigenvalue weighted by molar-refractivity contribution is 5.86. The average Bonchev–Trinajstić information content (AvgIpc) is 2.09. The molecule has 0 aliphatic carbocycles. The van der Waals surface area contributed by atoms with E-state index in [0.717, 1.165) is 0 Å². The van der Waals surface area contributed by atoms with E-state index in [-0.39, 0.29) is 5.90 Å². The maximum atomic E-state index is 11.4. The number of hydrogen-bond donors (Lipinski definition) is 2. The molecule has 0 saturated heterocycles.